The number of hydrogen-bond acceptors (Lipinski definition) is 1. The minimum atomic E-state index is -0.0417. The Morgan fingerprint density at radius 1 is 1.27 bits per heavy atom. The molecule has 11 heavy (non-hydrogen) atoms. The predicted molar refractivity (Wildman–Crippen MR) is 47.3 cm³/mol. The van der Waals surface area contributed by atoms with E-state index < -0.39 is 0 Å². The summed E-state index contributed by atoms with van der Waals surface area (Å²) in [5.74, 6) is 2.57. The molecule has 0 bridgehead atoms. The van der Waals surface area contributed by atoms with Crippen molar-refractivity contribution in [1.82, 2.24) is 0 Å². The van der Waals surface area contributed by atoms with E-state index in [4.69, 9.17) is 0 Å². The summed E-state index contributed by atoms with van der Waals surface area (Å²) in [4.78, 5) is 0. The number of rotatable bonds is 1. The van der Waals surface area contributed by atoms with Gasteiger partial charge in [-0.3, -0.25) is 0 Å². The van der Waals surface area contributed by atoms with E-state index in [0.717, 1.165) is 6.42 Å². The number of aliphatic hydroxyl groups excluding tert-OH is 1. The van der Waals surface area contributed by atoms with Crippen molar-refractivity contribution in [3.8, 4) is 0 Å². The molecule has 1 saturated carbocycles. The Bertz CT molecular complexity index is 131. The lowest BCUT2D eigenvalue weighted by atomic mass is 9.84. The van der Waals surface area contributed by atoms with Gasteiger partial charge in [0.15, 0.2) is 0 Å². The zero-order chi connectivity index (χ0) is 8.59. The molecule has 0 heterocycles. The fraction of sp³-hybridized carbons (Fsp3) is 1.00. The molecule has 0 aromatic rings. The van der Waals surface area contributed by atoms with Crippen LogP contribution in [0.25, 0.3) is 0 Å². The van der Waals surface area contributed by atoms with E-state index in [1.165, 1.54) is 0 Å². The van der Waals surface area contributed by atoms with Crippen LogP contribution in [-0.2, 0) is 0 Å². The first-order valence-corrected chi connectivity index (χ1v) is 4.72. The summed E-state index contributed by atoms with van der Waals surface area (Å²) in [6.07, 6.45) is 0.962. The summed E-state index contributed by atoms with van der Waals surface area (Å²) in [5, 5.41) is 9.70. The first kappa shape index (κ1) is 9.05. The van der Waals surface area contributed by atoms with E-state index in [2.05, 4.69) is 27.7 Å². The van der Waals surface area contributed by atoms with Crippen LogP contribution in [0.15, 0.2) is 0 Å². The van der Waals surface area contributed by atoms with Gasteiger partial charge in [-0.15, -0.1) is 0 Å². The monoisotopic (exact) mass is 156 g/mol. The molecule has 1 nitrogen and oxygen atoms in total. The van der Waals surface area contributed by atoms with E-state index in [1.807, 2.05) is 0 Å². The van der Waals surface area contributed by atoms with Crippen LogP contribution in [0, 0.1) is 23.7 Å². The molecular weight excluding hydrogens is 136 g/mol. The third-order valence-electron chi connectivity index (χ3n) is 3.33. The van der Waals surface area contributed by atoms with E-state index in [0.29, 0.717) is 23.7 Å². The van der Waals surface area contributed by atoms with Crippen LogP contribution in [0.4, 0.5) is 0 Å². The Labute approximate surface area is 69.8 Å². The fourth-order valence-corrected chi connectivity index (χ4v) is 2.53. The van der Waals surface area contributed by atoms with Crippen LogP contribution in [0.3, 0.4) is 0 Å². The second-order valence-corrected chi connectivity index (χ2v) is 4.46. The SMILES string of the molecule is CC(C)C1C(O)CC(C)C1C. The van der Waals surface area contributed by atoms with Gasteiger partial charge in [0.1, 0.15) is 0 Å². The zero-order valence-electron chi connectivity index (χ0n) is 8.04. The maximum absolute atomic E-state index is 9.70. The lowest BCUT2D eigenvalue weighted by Crippen LogP contribution is -2.23. The molecule has 1 rings (SSSR count). The Morgan fingerprint density at radius 3 is 2.00 bits per heavy atom. The van der Waals surface area contributed by atoms with E-state index in [9.17, 15) is 5.11 Å². The molecule has 0 aromatic heterocycles. The molecule has 1 N–H and O–H groups in total. The van der Waals surface area contributed by atoms with Gasteiger partial charge in [-0.25, -0.2) is 0 Å². The first-order valence-electron chi connectivity index (χ1n) is 4.72. The quantitative estimate of drug-likeness (QED) is 0.617. The highest BCUT2D eigenvalue weighted by molar-refractivity contribution is 4.88. The van der Waals surface area contributed by atoms with Gasteiger partial charge in [0.25, 0.3) is 0 Å². The van der Waals surface area contributed by atoms with Crippen molar-refractivity contribution in [3.05, 3.63) is 0 Å². The fourth-order valence-electron chi connectivity index (χ4n) is 2.53. The highest BCUT2D eigenvalue weighted by Crippen LogP contribution is 2.40. The molecule has 0 radical (unpaired) electrons. The van der Waals surface area contributed by atoms with Crippen molar-refractivity contribution >= 4 is 0 Å². The Kier molecular flexibility index (Phi) is 2.58. The lowest BCUT2D eigenvalue weighted by molar-refractivity contribution is 0.0919. The molecule has 0 saturated heterocycles. The van der Waals surface area contributed by atoms with Gasteiger partial charge in [-0.05, 0) is 30.1 Å². The van der Waals surface area contributed by atoms with Crippen LogP contribution < -0.4 is 0 Å². The Balaban J connectivity index is 2.63. The van der Waals surface area contributed by atoms with Crippen molar-refractivity contribution in [1.29, 1.82) is 0 Å². The average Bonchev–Trinajstić information content (AvgIpc) is 2.07. The second-order valence-electron chi connectivity index (χ2n) is 4.46. The molecule has 1 aliphatic carbocycles. The normalized spacial score (nSPS) is 45.3. The van der Waals surface area contributed by atoms with Crippen molar-refractivity contribution < 1.29 is 5.11 Å². The molecule has 0 amide bonds. The van der Waals surface area contributed by atoms with E-state index in [-0.39, 0.29) is 6.10 Å². The highest BCUT2D eigenvalue weighted by atomic mass is 16.3. The summed E-state index contributed by atoms with van der Waals surface area (Å²) < 4.78 is 0. The summed E-state index contributed by atoms with van der Waals surface area (Å²) in [5.41, 5.74) is 0. The summed E-state index contributed by atoms with van der Waals surface area (Å²) in [6, 6.07) is 0. The first-order chi connectivity index (χ1) is 5.04. The van der Waals surface area contributed by atoms with Gasteiger partial charge in [0.2, 0.25) is 0 Å². The largest absolute Gasteiger partial charge is 0.393 e. The Hall–Kier alpha value is -0.0400. The van der Waals surface area contributed by atoms with Gasteiger partial charge in [-0.2, -0.15) is 0 Å². The van der Waals surface area contributed by atoms with Crippen molar-refractivity contribution in [3.63, 3.8) is 0 Å². The molecule has 0 spiro atoms. The maximum atomic E-state index is 9.70. The Morgan fingerprint density at radius 2 is 1.82 bits per heavy atom. The molecule has 0 aliphatic heterocycles. The summed E-state index contributed by atoms with van der Waals surface area (Å²) in [6.45, 7) is 8.94. The standard InChI is InChI=1S/C10H20O/c1-6(2)10-8(4)7(3)5-9(10)11/h6-11H,5H2,1-4H3. The topological polar surface area (TPSA) is 20.2 Å². The molecule has 1 aliphatic rings. The third kappa shape index (κ3) is 1.58. The highest BCUT2D eigenvalue weighted by Gasteiger charge is 2.38. The van der Waals surface area contributed by atoms with E-state index in [1.54, 1.807) is 0 Å². The van der Waals surface area contributed by atoms with Gasteiger partial charge in [0.05, 0.1) is 6.10 Å². The summed E-state index contributed by atoms with van der Waals surface area (Å²) >= 11 is 0. The molecular formula is C10H20O. The number of aliphatic hydroxyl groups is 1. The van der Waals surface area contributed by atoms with Crippen molar-refractivity contribution in [2.75, 3.05) is 0 Å². The van der Waals surface area contributed by atoms with Crippen LogP contribution in [0.2, 0.25) is 0 Å². The smallest absolute Gasteiger partial charge is 0.0576 e. The van der Waals surface area contributed by atoms with Crippen molar-refractivity contribution in [2.45, 2.75) is 40.2 Å². The molecule has 0 aromatic carbocycles. The van der Waals surface area contributed by atoms with Crippen molar-refractivity contribution in [2.24, 2.45) is 23.7 Å². The maximum Gasteiger partial charge on any atom is 0.0576 e. The van der Waals surface area contributed by atoms with Crippen LogP contribution >= 0.6 is 0 Å². The van der Waals surface area contributed by atoms with Gasteiger partial charge < -0.3 is 5.11 Å². The molecule has 66 valence electrons. The summed E-state index contributed by atoms with van der Waals surface area (Å²) in [7, 11) is 0. The average molecular weight is 156 g/mol. The molecule has 1 fully saturated rings. The van der Waals surface area contributed by atoms with Crippen LogP contribution in [-0.4, -0.2) is 11.2 Å². The minimum absolute atomic E-state index is 0.0417. The predicted octanol–water partition coefficient (Wildman–Crippen LogP) is 2.30. The minimum Gasteiger partial charge on any atom is -0.393 e. The lowest BCUT2D eigenvalue weighted by Gasteiger charge is -2.23. The van der Waals surface area contributed by atoms with Crippen LogP contribution in [0.1, 0.15) is 34.1 Å². The van der Waals surface area contributed by atoms with Gasteiger partial charge in [0, 0.05) is 0 Å². The van der Waals surface area contributed by atoms with E-state index >= 15 is 0 Å². The molecule has 1 heteroatoms. The van der Waals surface area contributed by atoms with Gasteiger partial charge >= 0.3 is 0 Å². The second kappa shape index (κ2) is 3.14. The molecule has 4 unspecified atom stereocenters. The van der Waals surface area contributed by atoms with Crippen LogP contribution in [0.5, 0.6) is 0 Å². The van der Waals surface area contributed by atoms with Gasteiger partial charge in [-0.1, -0.05) is 27.7 Å². The third-order valence-corrected chi connectivity index (χ3v) is 3.33. The zero-order valence-corrected chi connectivity index (χ0v) is 8.04. The number of hydrogen-bond donors (Lipinski definition) is 1. The molecule has 4 atom stereocenters.